The Balaban J connectivity index is 1.68. The number of carbonyl (C=O) groups is 1. The molecular weight excluding hydrogens is 320 g/mol. The standard InChI is InChI=1S/C16H13ClN2O2S/c1-19(11-6-3-2-4-7-11)14(20)10-21-16-18-13-9-5-8-12(17)15(13)22-16/h2-9H,10H2,1H3. The Labute approximate surface area is 136 Å². The molecule has 1 aromatic heterocycles. The Bertz CT molecular complexity index is 804. The average Bonchev–Trinajstić information content (AvgIpc) is 2.97. The highest BCUT2D eigenvalue weighted by Crippen LogP contribution is 2.33. The number of ether oxygens (including phenoxy) is 1. The predicted molar refractivity (Wildman–Crippen MR) is 90.0 cm³/mol. The first-order valence-electron chi connectivity index (χ1n) is 6.64. The zero-order valence-electron chi connectivity index (χ0n) is 11.8. The Kier molecular flexibility index (Phi) is 4.27. The fourth-order valence-electron chi connectivity index (χ4n) is 1.97. The average molecular weight is 333 g/mol. The third-order valence-electron chi connectivity index (χ3n) is 3.18. The first kappa shape index (κ1) is 14.8. The summed E-state index contributed by atoms with van der Waals surface area (Å²) in [5.41, 5.74) is 1.60. The normalized spacial score (nSPS) is 10.6. The van der Waals surface area contributed by atoms with Crippen molar-refractivity contribution in [1.82, 2.24) is 4.98 Å². The summed E-state index contributed by atoms with van der Waals surface area (Å²) in [6, 6.07) is 14.9. The van der Waals surface area contributed by atoms with E-state index in [4.69, 9.17) is 16.3 Å². The Morgan fingerprint density at radius 3 is 2.73 bits per heavy atom. The van der Waals surface area contributed by atoms with Crippen LogP contribution in [-0.2, 0) is 4.79 Å². The van der Waals surface area contributed by atoms with Gasteiger partial charge < -0.3 is 9.64 Å². The second kappa shape index (κ2) is 6.34. The number of thiazole rings is 1. The molecule has 0 unspecified atom stereocenters. The summed E-state index contributed by atoms with van der Waals surface area (Å²) < 4.78 is 6.37. The van der Waals surface area contributed by atoms with Crippen LogP contribution in [0.1, 0.15) is 0 Å². The number of nitrogens with zero attached hydrogens (tertiary/aromatic N) is 2. The molecule has 0 fully saturated rings. The number of fused-ring (bicyclic) bond motifs is 1. The third kappa shape index (κ3) is 3.05. The molecule has 4 nitrogen and oxygen atoms in total. The van der Waals surface area contributed by atoms with Gasteiger partial charge in [-0.05, 0) is 24.3 Å². The van der Waals surface area contributed by atoms with Gasteiger partial charge in [-0.25, -0.2) is 4.98 Å². The number of halogens is 1. The maximum atomic E-state index is 12.2. The van der Waals surface area contributed by atoms with E-state index in [1.807, 2.05) is 42.5 Å². The zero-order chi connectivity index (χ0) is 15.5. The Morgan fingerprint density at radius 2 is 2.00 bits per heavy atom. The molecule has 0 aliphatic heterocycles. The van der Waals surface area contributed by atoms with Crippen LogP contribution in [0.15, 0.2) is 48.5 Å². The molecule has 22 heavy (non-hydrogen) atoms. The fourth-order valence-corrected chi connectivity index (χ4v) is 3.08. The van der Waals surface area contributed by atoms with E-state index in [-0.39, 0.29) is 12.5 Å². The van der Waals surface area contributed by atoms with E-state index < -0.39 is 0 Å². The lowest BCUT2D eigenvalue weighted by atomic mass is 10.3. The molecule has 2 aromatic carbocycles. The molecule has 0 aliphatic carbocycles. The number of rotatable bonds is 4. The molecule has 112 valence electrons. The van der Waals surface area contributed by atoms with Gasteiger partial charge in [0.05, 0.1) is 15.2 Å². The lowest BCUT2D eigenvalue weighted by Crippen LogP contribution is -2.31. The highest BCUT2D eigenvalue weighted by molar-refractivity contribution is 7.20. The first-order chi connectivity index (χ1) is 10.6. The zero-order valence-corrected chi connectivity index (χ0v) is 13.4. The summed E-state index contributed by atoms with van der Waals surface area (Å²) in [4.78, 5) is 18.0. The highest BCUT2D eigenvalue weighted by atomic mass is 35.5. The molecule has 3 rings (SSSR count). The van der Waals surface area contributed by atoms with Gasteiger partial charge in [0.25, 0.3) is 11.1 Å². The van der Waals surface area contributed by atoms with Crippen molar-refractivity contribution in [1.29, 1.82) is 0 Å². The minimum atomic E-state index is -0.142. The number of hydrogen-bond donors (Lipinski definition) is 0. The summed E-state index contributed by atoms with van der Waals surface area (Å²) in [5.74, 6) is -0.142. The third-order valence-corrected chi connectivity index (χ3v) is 4.63. The van der Waals surface area contributed by atoms with Gasteiger partial charge in [0.15, 0.2) is 6.61 Å². The lowest BCUT2D eigenvalue weighted by molar-refractivity contribution is -0.120. The van der Waals surface area contributed by atoms with Gasteiger partial charge in [-0.2, -0.15) is 0 Å². The van der Waals surface area contributed by atoms with Gasteiger partial charge in [0.2, 0.25) is 0 Å². The van der Waals surface area contributed by atoms with E-state index in [1.165, 1.54) is 11.3 Å². The molecule has 0 saturated heterocycles. The summed E-state index contributed by atoms with van der Waals surface area (Å²) in [5, 5.41) is 1.08. The fraction of sp³-hybridized carbons (Fsp3) is 0.125. The van der Waals surface area contributed by atoms with Gasteiger partial charge in [-0.3, -0.25) is 4.79 Å². The summed E-state index contributed by atoms with van der Waals surface area (Å²) in [7, 11) is 1.72. The van der Waals surface area contributed by atoms with Crippen molar-refractivity contribution in [2.75, 3.05) is 18.6 Å². The van der Waals surface area contributed by atoms with E-state index in [9.17, 15) is 4.79 Å². The summed E-state index contributed by atoms with van der Waals surface area (Å²) >= 11 is 7.44. The van der Waals surface area contributed by atoms with Crippen LogP contribution in [0.3, 0.4) is 0 Å². The summed E-state index contributed by atoms with van der Waals surface area (Å²) in [6.07, 6.45) is 0. The van der Waals surface area contributed by atoms with Crippen molar-refractivity contribution in [3.05, 3.63) is 53.6 Å². The van der Waals surface area contributed by atoms with Gasteiger partial charge in [0, 0.05) is 12.7 Å². The van der Waals surface area contributed by atoms with Gasteiger partial charge >= 0.3 is 0 Å². The number of amides is 1. The molecule has 1 amide bonds. The molecule has 0 spiro atoms. The van der Waals surface area contributed by atoms with Crippen LogP contribution in [0.5, 0.6) is 5.19 Å². The van der Waals surface area contributed by atoms with Crippen molar-refractivity contribution in [3.63, 3.8) is 0 Å². The second-order valence-electron chi connectivity index (χ2n) is 4.64. The highest BCUT2D eigenvalue weighted by Gasteiger charge is 2.13. The molecule has 1 heterocycles. The molecular formula is C16H13ClN2O2S. The van der Waals surface area contributed by atoms with Crippen molar-refractivity contribution in [2.24, 2.45) is 0 Å². The van der Waals surface area contributed by atoms with E-state index in [1.54, 1.807) is 18.0 Å². The second-order valence-corrected chi connectivity index (χ2v) is 6.01. The topological polar surface area (TPSA) is 42.4 Å². The number of hydrogen-bond acceptors (Lipinski definition) is 4. The maximum absolute atomic E-state index is 12.2. The molecule has 0 saturated carbocycles. The van der Waals surface area contributed by atoms with Crippen LogP contribution in [-0.4, -0.2) is 24.5 Å². The summed E-state index contributed by atoms with van der Waals surface area (Å²) in [6.45, 7) is -0.0666. The van der Waals surface area contributed by atoms with E-state index >= 15 is 0 Å². The molecule has 6 heteroatoms. The van der Waals surface area contributed by atoms with Crippen molar-refractivity contribution in [2.45, 2.75) is 0 Å². The molecule has 0 radical (unpaired) electrons. The van der Waals surface area contributed by atoms with Crippen LogP contribution >= 0.6 is 22.9 Å². The van der Waals surface area contributed by atoms with Crippen LogP contribution < -0.4 is 9.64 Å². The Morgan fingerprint density at radius 1 is 1.23 bits per heavy atom. The van der Waals surface area contributed by atoms with Crippen LogP contribution in [0, 0.1) is 0 Å². The van der Waals surface area contributed by atoms with E-state index in [2.05, 4.69) is 4.98 Å². The first-order valence-corrected chi connectivity index (χ1v) is 7.84. The molecule has 3 aromatic rings. The molecule has 0 atom stereocenters. The minimum absolute atomic E-state index is 0.0666. The van der Waals surface area contributed by atoms with Crippen molar-refractivity contribution >= 4 is 44.7 Å². The van der Waals surface area contributed by atoms with Crippen LogP contribution in [0.25, 0.3) is 10.2 Å². The Hall–Kier alpha value is -2.11. The van der Waals surface area contributed by atoms with Crippen LogP contribution in [0.4, 0.5) is 5.69 Å². The van der Waals surface area contributed by atoms with Crippen molar-refractivity contribution in [3.8, 4) is 5.19 Å². The quantitative estimate of drug-likeness (QED) is 0.725. The van der Waals surface area contributed by atoms with Gasteiger partial charge in [-0.1, -0.05) is 47.2 Å². The molecule has 0 N–H and O–H groups in total. The number of para-hydroxylation sites is 1. The van der Waals surface area contributed by atoms with E-state index in [0.717, 1.165) is 15.9 Å². The van der Waals surface area contributed by atoms with Crippen LogP contribution in [0.2, 0.25) is 5.02 Å². The van der Waals surface area contributed by atoms with Gasteiger partial charge in [-0.15, -0.1) is 0 Å². The number of anilines is 1. The number of aromatic nitrogens is 1. The lowest BCUT2D eigenvalue weighted by Gasteiger charge is -2.16. The SMILES string of the molecule is CN(C(=O)COc1nc2cccc(Cl)c2s1)c1ccccc1. The number of benzene rings is 2. The minimum Gasteiger partial charge on any atom is -0.460 e. The number of carbonyl (C=O) groups excluding carboxylic acids is 1. The maximum Gasteiger partial charge on any atom is 0.274 e. The monoisotopic (exact) mass is 332 g/mol. The smallest absolute Gasteiger partial charge is 0.274 e. The predicted octanol–water partition coefficient (Wildman–Crippen LogP) is 3.99. The molecule has 0 bridgehead atoms. The molecule has 0 aliphatic rings. The van der Waals surface area contributed by atoms with Crippen molar-refractivity contribution < 1.29 is 9.53 Å². The number of likely N-dealkylation sites (N-methyl/N-ethyl adjacent to an activating group) is 1. The van der Waals surface area contributed by atoms with E-state index in [0.29, 0.717) is 10.2 Å². The largest absolute Gasteiger partial charge is 0.460 e. The van der Waals surface area contributed by atoms with Gasteiger partial charge in [0.1, 0.15) is 0 Å².